The number of amides is 1. The van der Waals surface area contributed by atoms with Crippen LogP contribution in [0.4, 0.5) is 5.13 Å². The van der Waals surface area contributed by atoms with Gasteiger partial charge in [-0.2, -0.15) is 14.6 Å². The van der Waals surface area contributed by atoms with E-state index < -0.39 is 26.9 Å². The zero-order valence-electron chi connectivity index (χ0n) is 18.6. The number of esters is 1. The van der Waals surface area contributed by atoms with Crippen LogP contribution < -0.4 is 19.5 Å². The number of rotatable bonds is 8. The van der Waals surface area contributed by atoms with Gasteiger partial charge < -0.3 is 14.2 Å². The first-order chi connectivity index (χ1) is 16.6. The smallest absolute Gasteiger partial charge is 0.343 e. The number of anilines is 1. The monoisotopic (exact) mass is 514 g/mol. The topological polar surface area (TPSA) is 158 Å². The molecule has 35 heavy (non-hydrogen) atoms. The summed E-state index contributed by atoms with van der Waals surface area (Å²) in [6, 6.07) is 12.6. The van der Waals surface area contributed by atoms with Gasteiger partial charge in [-0.05, 0) is 48.0 Å². The molecule has 0 aliphatic heterocycles. The number of nitrogens with zero attached hydrogens (tertiary/aromatic N) is 3. The maximum Gasteiger partial charge on any atom is 0.343 e. The van der Waals surface area contributed by atoms with Crippen molar-refractivity contribution in [2.75, 3.05) is 25.8 Å². The molecule has 0 atom stereocenters. The Hall–Kier alpha value is -4.28. The summed E-state index contributed by atoms with van der Waals surface area (Å²) in [5.74, 6) is -0.500. The molecule has 1 amide bonds. The van der Waals surface area contributed by atoms with Gasteiger partial charge in [-0.3, -0.25) is 10.1 Å². The van der Waals surface area contributed by atoms with E-state index in [1.54, 1.807) is 30.3 Å². The molecule has 3 rings (SSSR count). The molecule has 1 aromatic heterocycles. The van der Waals surface area contributed by atoms with Crippen molar-refractivity contribution in [1.82, 2.24) is 9.36 Å². The normalized spacial score (nSPS) is 11.3. The molecule has 0 fully saturated rings. The molecule has 0 aliphatic carbocycles. The minimum Gasteiger partial charge on any atom is -0.497 e. The predicted octanol–water partition coefficient (Wildman–Crippen LogP) is 2.72. The van der Waals surface area contributed by atoms with Gasteiger partial charge in [-0.25, -0.2) is 13.2 Å². The number of nitrogens with one attached hydrogen (secondary N) is 1. The molecule has 0 unspecified atom stereocenters. The van der Waals surface area contributed by atoms with Gasteiger partial charge >= 0.3 is 5.97 Å². The minimum atomic E-state index is -3.63. The largest absolute Gasteiger partial charge is 0.497 e. The standard InChI is InChI=1S/C22H18N4O7S2/c1-31-16-7-5-14(6-8-16)20(28)33-17-9-4-13(11-18(17)32-2)10-15(12-23)19(27)24-21-25-22(26-34-21)35(3,29)30/h4-11H,1-3H3,(H,24,25,26,27)/b15-10-. The second kappa shape index (κ2) is 10.8. The Labute approximate surface area is 204 Å². The molecule has 1 N–H and O–H groups in total. The van der Waals surface area contributed by atoms with E-state index in [9.17, 15) is 23.3 Å². The molecule has 0 bridgehead atoms. The molecule has 0 radical (unpaired) electrons. The summed E-state index contributed by atoms with van der Waals surface area (Å²) < 4.78 is 42.4. The number of hydrogen-bond acceptors (Lipinski definition) is 11. The molecule has 13 heteroatoms. The lowest BCUT2D eigenvalue weighted by molar-refractivity contribution is -0.112. The average Bonchev–Trinajstić information content (AvgIpc) is 3.32. The Balaban J connectivity index is 1.77. The van der Waals surface area contributed by atoms with Crippen molar-refractivity contribution in [1.29, 1.82) is 5.26 Å². The zero-order valence-corrected chi connectivity index (χ0v) is 20.3. The summed E-state index contributed by atoms with van der Waals surface area (Å²) in [6.07, 6.45) is 2.22. The molecule has 180 valence electrons. The highest BCUT2D eigenvalue weighted by molar-refractivity contribution is 7.90. The molecule has 0 saturated heterocycles. The summed E-state index contributed by atoms with van der Waals surface area (Å²) >= 11 is 0.668. The summed E-state index contributed by atoms with van der Waals surface area (Å²) in [5.41, 5.74) is 0.425. The van der Waals surface area contributed by atoms with Crippen molar-refractivity contribution < 1.29 is 32.2 Å². The van der Waals surface area contributed by atoms with E-state index in [2.05, 4.69) is 14.7 Å². The Morgan fingerprint density at radius 2 is 1.80 bits per heavy atom. The van der Waals surface area contributed by atoms with Crippen molar-refractivity contribution in [3.63, 3.8) is 0 Å². The van der Waals surface area contributed by atoms with Crippen molar-refractivity contribution in [3.8, 4) is 23.3 Å². The Kier molecular flexibility index (Phi) is 7.80. The lowest BCUT2D eigenvalue weighted by Gasteiger charge is -2.10. The van der Waals surface area contributed by atoms with Crippen molar-refractivity contribution in [2.45, 2.75) is 5.16 Å². The number of carbonyl (C=O) groups is 2. The third-order valence-corrected chi connectivity index (χ3v) is 5.94. The number of sulfone groups is 1. The summed E-state index contributed by atoms with van der Waals surface area (Å²) in [6.45, 7) is 0. The van der Waals surface area contributed by atoms with Gasteiger partial charge in [0.05, 0.1) is 19.8 Å². The van der Waals surface area contributed by atoms with E-state index in [0.29, 0.717) is 28.4 Å². The number of aromatic nitrogens is 2. The van der Waals surface area contributed by atoms with Gasteiger partial charge in [0, 0.05) is 17.8 Å². The van der Waals surface area contributed by atoms with Crippen LogP contribution in [-0.4, -0.2) is 50.1 Å². The van der Waals surface area contributed by atoms with E-state index in [0.717, 1.165) is 6.26 Å². The van der Waals surface area contributed by atoms with E-state index in [1.807, 2.05) is 0 Å². The molecule has 3 aromatic rings. The van der Waals surface area contributed by atoms with E-state index >= 15 is 0 Å². The van der Waals surface area contributed by atoms with Gasteiger partial charge in [0.25, 0.3) is 11.1 Å². The minimum absolute atomic E-state index is 0.0741. The summed E-state index contributed by atoms with van der Waals surface area (Å²) in [7, 11) is -0.742. The van der Waals surface area contributed by atoms with E-state index in [-0.39, 0.29) is 22.2 Å². The third-order valence-electron chi connectivity index (χ3n) is 4.35. The fourth-order valence-electron chi connectivity index (χ4n) is 2.64. The third kappa shape index (κ3) is 6.40. The number of hydrogen-bond donors (Lipinski definition) is 1. The van der Waals surface area contributed by atoms with Crippen molar-refractivity contribution >= 4 is 44.5 Å². The van der Waals surface area contributed by atoms with Crippen LogP contribution in [0.2, 0.25) is 0 Å². The molecule has 0 aliphatic rings. The Bertz CT molecular complexity index is 1440. The van der Waals surface area contributed by atoms with Crippen molar-refractivity contribution in [3.05, 3.63) is 59.2 Å². The van der Waals surface area contributed by atoms with Gasteiger partial charge in [0.1, 0.15) is 17.4 Å². The Morgan fingerprint density at radius 1 is 1.09 bits per heavy atom. The highest BCUT2D eigenvalue weighted by atomic mass is 32.2. The first-order valence-corrected chi connectivity index (χ1v) is 12.3. The van der Waals surface area contributed by atoms with Crippen molar-refractivity contribution in [2.24, 2.45) is 0 Å². The SMILES string of the molecule is COc1ccc(C(=O)Oc2ccc(/C=C(/C#N)C(=O)Nc3nc(S(C)(=O)=O)ns3)cc2OC)cc1. The first-order valence-electron chi connectivity index (χ1n) is 9.65. The maximum atomic E-state index is 12.5. The molecule has 11 nitrogen and oxygen atoms in total. The molecule has 2 aromatic carbocycles. The summed E-state index contributed by atoms with van der Waals surface area (Å²) in [5, 5.41) is 11.3. The van der Waals surface area contributed by atoms with E-state index in [4.69, 9.17) is 14.2 Å². The van der Waals surface area contributed by atoms with Gasteiger partial charge in [0.2, 0.25) is 15.0 Å². The van der Waals surface area contributed by atoms with Gasteiger partial charge in [0.15, 0.2) is 11.5 Å². The van der Waals surface area contributed by atoms with Gasteiger partial charge in [-0.1, -0.05) is 6.07 Å². The Morgan fingerprint density at radius 3 is 2.37 bits per heavy atom. The fourth-order valence-corrected chi connectivity index (χ4v) is 4.07. The fraction of sp³-hybridized carbons (Fsp3) is 0.136. The lowest BCUT2D eigenvalue weighted by atomic mass is 10.1. The predicted molar refractivity (Wildman–Crippen MR) is 126 cm³/mol. The quantitative estimate of drug-likeness (QED) is 0.205. The molecule has 0 saturated carbocycles. The van der Waals surface area contributed by atoms with E-state index in [1.165, 1.54) is 38.5 Å². The first kappa shape index (κ1) is 25.3. The highest BCUT2D eigenvalue weighted by Gasteiger charge is 2.18. The number of carbonyl (C=O) groups excluding carboxylic acids is 2. The molecular weight excluding hydrogens is 496 g/mol. The molecule has 1 heterocycles. The average molecular weight is 515 g/mol. The number of benzene rings is 2. The number of ether oxygens (including phenoxy) is 3. The number of methoxy groups -OCH3 is 2. The zero-order chi connectivity index (χ0) is 25.6. The summed E-state index contributed by atoms with van der Waals surface area (Å²) in [4.78, 5) is 28.6. The van der Waals surface area contributed by atoms with Gasteiger partial charge in [-0.15, -0.1) is 0 Å². The van der Waals surface area contributed by atoms with Crippen LogP contribution in [-0.2, 0) is 14.6 Å². The second-order valence-electron chi connectivity index (χ2n) is 6.81. The second-order valence-corrected chi connectivity index (χ2v) is 9.47. The molecular formula is C22H18N4O7S2. The maximum absolute atomic E-state index is 12.5. The van der Waals surface area contributed by atoms with Crippen LogP contribution in [0.1, 0.15) is 15.9 Å². The number of nitriles is 1. The van der Waals surface area contributed by atoms with Crippen LogP contribution in [0.15, 0.2) is 53.2 Å². The van der Waals surface area contributed by atoms with Crippen LogP contribution in [0, 0.1) is 11.3 Å². The van der Waals surface area contributed by atoms with Crippen LogP contribution in [0.5, 0.6) is 17.2 Å². The highest BCUT2D eigenvalue weighted by Crippen LogP contribution is 2.30. The molecule has 0 spiro atoms. The van der Waals surface area contributed by atoms with Crippen LogP contribution >= 0.6 is 11.5 Å². The van der Waals surface area contributed by atoms with Crippen LogP contribution in [0.25, 0.3) is 6.08 Å². The van der Waals surface area contributed by atoms with Crippen LogP contribution in [0.3, 0.4) is 0 Å². The lowest BCUT2D eigenvalue weighted by Crippen LogP contribution is -2.13.